The Morgan fingerprint density at radius 2 is 2.07 bits per heavy atom. The molecule has 3 N–H and O–H groups in total. The molecule has 0 radical (unpaired) electrons. The molecule has 0 saturated heterocycles. The highest BCUT2D eigenvalue weighted by Gasteiger charge is 1.98. The quantitative estimate of drug-likeness (QED) is 0.560. The zero-order chi connectivity index (χ0) is 10.4. The smallest absolute Gasteiger partial charge is 0.125 e. The Labute approximate surface area is 84.5 Å². The van der Waals surface area contributed by atoms with E-state index in [4.69, 9.17) is 10.5 Å². The van der Waals surface area contributed by atoms with Crippen LogP contribution in [0.15, 0.2) is 18.2 Å². The van der Waals surface area contributed by atoms with E-state index in [1.807, 2.05) is 0 Å². The van der Waals surface area contributed by atoms with Gasteiger partial charge >= 0.3 is 0 Å². The second-order valence-corrected chi connectivity index (χ2v) is 3.32. The van der Waals surface area contributed by atoms with Crippen molar-refractivity contribution in [3.63, 3.8) is 0 Å². The lowest BCUT2D eigenvalue weighted by molar-refractivity contribution is 0.305. The average molecular weight is 195 g/mol. The minimum absolute atomic E-state index is 0.149. The molecule has 0 fully saturated rings. The minimum Gasteiger partial charge on any atom is -0.508 e. The molecule has 1 aromatic carbocycles. The molecule has 0 heterocycles. The first kappa shape index (κ1) is 10.7. The van der Waals surface area contributed by atoms with Crippen LogP contribution in [-0.2, 0) is 0 Å². The Morgan fingerprint density at radius 1 is 1.29 bits per heavy atom. The van der Waals surface area contributed by atoms with Crippen LogP contribution in [0.25, 0.3) is 0 Å². The summed E-state index contributed by atoms with van der Waals surface area (Å²) >= 11 is 0. The van der Waals surface area contributed by atoms with Crippen LogP contribution in [0.1, 0.15) is 26.2 Å². The largest absolute Gasteiger partial charge is 0.508 e. The molecular formula is C11H17NO2. The summed E-state index contributed by atoms with van der Waals surface area (Å²) in [5, 5.41) is 9.24. The van der Waals surface area contributed by atoms with Crippen LogP contribution in [-0.4, -0.2) is 11.7 Å². The van der Waals surface area contributed by atoms with E-state index in [-0.39, 0.29) is 5.75 Å². The molecule has 0 bridgehead atoms. The van der Waals surface area contributed by atoms with Crippen molar-refractivity contribution >= 4 is 5.69 Å². The van der Waals surface area contributed by atoms with Crippen LogP contribution in [0.5, 0.6) is 11.5 Å². The Morgan fingerprint density at radius 3 is 2.71 bits per heavy atom. The number of ether oxygens (including phenoxy) is 1. The van der Waals surface area contributed by atoms with Gasteiger partial charge in [0.05, 0.1) is 6.61 Å². The number of rotatable bonds is 5. The van der Waals surface area contributed by atoms with Crippen molar-refractivity contribution in [1.82, 2.24) is 0 Å². The van der Waals surface area contributed by atoms with E-state index in [1.165, 1.54) is 12.5 Å². The van der Waals surface area contributed by atoms with Gasteiger partial charge in [0, 0.05) is 23.9 Å². The van der Waals surface area contributed by atoms with E-state index in [0.717, 1.165) is 12.8 Å². The van der Waals surface area contributed by atoms with E-state index in [9.17, 15) is 5.11 Å². The van der Waals surface area contributed by atoms with Crippen LogP contribution in [0.2, 0.25) is 0 Å². The molecular weight excluding hydrogens is 178 g/mol. The fourth-order valence-corrected chi connectivity index (χ4v) is 1.23. The molecule has 0 aliphatic carbocycles. The molecule has 3 heteroatoms. The number of anilines is 1. The molecule has 0 unspecified atom stereocenters. The highest BCUT2D eigenvalue weighted by molar-refractivity contribution is 5.49. The number of nitrogen functional groups attached to an aromatic ring is 1. The van der Waals surface area contributed by atoms with Crippen molar-refractivity contribution in [2.75, 3.05) is 12.3 Å². The maximum Gasteiger partial charge on any atom is 0.125 e. The highest BCUT2D eigenvalue weighted by atomic mass is 16.5. The minimum atomic E-state index is 0.149. The number of benzene rings is 1. The first-order chi connectivity index (χ1) is 6.72. The van der Waals surface area contributed by atoms with E-state index >= 15 is 0 Å². The molecule has 0 amide bonds. The number of hydrogen-bond acceptors (Lipinski definition) is 3. The summed E-state index contributed by atoms with van der Waals surface area (Å²) in [5.41, 5.74) is 6.07. The predicted octanol–water partition coefficient (Wildman–Crippen LogP) is 2.54. The second-order valence-electron chi connectivity index (χ2n) is 3.32. The molecule has 1 aromatic rings. The third kappa shape index (κ3) is 3.56. The molecule has 14 heavy (non-hydrogen) atoms. The lowest BCUT2D eigenvalue weighted by Gasteiger charge is -2.06. The SMILES string of the molecule is CCCCCOc1cc(N)cc(O)c1. The van der Waals surface area contributed by atoms with Crippen molar-refractivity contribution < 1.29 is 9.84 Å². The van der Waals surface area contributed by atoms with Gasteiger partial charge in [0.2, 0.25) is 0 Å². The first-order valence-electron chi connectivity index (χ1n) is 4.94. The van der Waals surface area contributed by atoms with Crippen molar-refractivity contribution in [1.29, 1.82) is 0 Å². The van der Waals surface area contributed by atoms with Crippen molar-refractivity contribution in [2.45, 2.75) is 26.2 Å². The van der Waals surface area contributed by atoms with Crippen LogP contribution in [0.3, 0.4) is 0 Å². The number of phenols is 1. The van der Waals surface area contributed by atoms with Gasteiger partial charge in [-0.2, -0.15) is 0 Å². The van der Waals surface area contributed by atoms with Gasteiger partial charge in [0.1, 0.15) is 11.5 Å². The molecule has 1 rings (SSSR count). The zero-order valence-electron chi connectivity index (χ0n) is 8.49. The summed E-state index contributed by atoms with van der Waals surface area (Å²) in [6.45, 7) is 2.82. The molecule has 0 aromatic heterocycles. The van der Waals surface area contributed by atoms with Crippen LogP contribution in [0.4, 0.5) is 5.69 Å². The first-order valence-corrected chi connectivity index (χ1v) is 4.94. The molecule has 0 saturated carbocycles. The fraction of sp³-hybridized carbons (Fsp3) is 0.455. The maximum atomic E-state index is 9.24. The zero-order valence-corrected chi connectivity index (χ0v) is 8.49. The number of hydrogen-bond donors (Lipinski definition) is 2. The number of unbranched alkanes of at least 4 members (excludes halogenated alkanes) is 2. The van der Waals surface area contributed by atoms with Crippen LogP contribution < -0.4 is 10.5 Å². The summed E-state index contributed by atoms with van der Waals surface area (Å²) < 4.78 is 5.43. The van der Waals surface area contributed by atoms with E-state index in [1.54, 1.807) is 12.1 Å². The van der Waals surface area contributed by atoms with Gasteiger partial charge in [-0.15, -0.1) is 0 Å². The summed E-state index contributed by atoms with van der Waals surface area (Å²) in [7, 11) is 0. The maximum absolute atomic E-state index is 9.24. The Kier molecular flexibility index (Phi) is 4.11. The lowest BCUT2D eigenvalue weighted by Crippen LogP contribution is -1.97. The van der Waals surface area contributed by atoms with Gasteiger partial charge in [-0.05, 0) is 6.42 Å². The van der Waals surface area contributed by atoms with Gasteiger partial charge in [0.25, 0.3) is 0 Å². The third-order valence-corrected chi connectivity index (χ3v) is 1.93. The van der Waals surface area contributed by atoms with Crippen LogP contribution >= 0.6 is 0 Å². The molecule has 3 nitrogen and oxygen atoms in total. The molecule has 0 aliphatic rings. The van der Waals surface area contributed by atoms with E-state index < -0.39 is 0 Å². The Hall–Kier alpha value is -1.38. The van der Waals surface area contributed by atoms with Crippen molar-refractivity contribution in [3.05, 3.63) is 18.2 Å². The summed E-state index contributed by atoms with van der Waals surface area (Å²) in [6, 6.07) is 4.78. The van der Waals surface area contributed by atoms with E-state index in [2.05, 4.69) is 6.92 Å². The molecule has 0 atom stereocenters. The molecule has 78 valence electrons. The van der Waals surface area contributed by atoms with Crippen LogP contribution in [0, 0.1) is 0 Å². The average Bonchev–Trinajstić information content (AvgIpc) is 2.11. The normalized spacial score (nSPS) is 10.1. The second kappa shape index (κ2) is 5.37. The lowest BCUT2D eigenvalue weighted by atomic mass is 10.2. The summed E-state index contributed by atoms with van der Waals surface area (Å²) in [4.78, 5) is 0. The van der Waals surface area contributed by atoms with Gasteiger partial charge in [0.15, 0.2) is 0 Å². The monoisotopic (exact) mass is 195 g/mol. The van der Waals surface area contributed by atoms with Crippen molar-refractivity contribution in [3.8, 4) is 11.5 Å². The van der Waals surface area contributed by atoms with Crippen molar-refractivity contribution in [2.24, 2.45) is 0 Å². The topological polar surface area (TPSA) is 55.5 Å². The van der Waals surface area contributed by atoms with Gasteiger partial charge in [-0.3, -0.25) is 0 Å². The molecule has 0 spiro atoms. The summed E-state index contributed by atoms with van der Waals surface area (Å²) in [6.07, 6.45) is 3.37. The van der Waals surface area contributed by atoms with E-state index in [0.29, 0.717) is 18.0 Å². The third-order valence-electron chi connectivity index (χ3n) is 1.93. The highest BCUT2D eigenvalue weighted by Crippen LogP contribution is 2.23. The number of nitrogens with two attached hydrogens (primary N) is 1. The summed E-state index contributed by atoms with van der Waals surface area (Å²) in [5.74, 6) is 0.786. The Balaban J connectivity index is 2.42. The number of phenolic OH excluding ortho intramolecular Hbond substituents is 1. The number of aromatic hydroxyl groups is 1. The fourth-order valence-electron chi connectivity index (χ4n) is 1.23. The Bertz CT molecular complexity index is 266. The van der Waals surface area contributed by atoms with Gasteiger partial charge in [-0.25, -0.2) is 0 Å². The standard InChI is InChI=1S/C11H17NO2/c1-2-3-4-5-14-11-7-9(12)6-10(13)8-11/h6-8,13H,2-5,12H2,1H3. The van der Waals surface area contributed by atoms with Gasteiger partial charge in [-0.1, -0.05) is 19.8 Å². The predicted molar refractivity (Wildman–Crippen MR) is 57.5 cm³/mol. The molecule has 0 aliphatic heterocycles. The van der Waals surface area contributed by atoms with Gasteiger partial charge < -0.3 is 15.6 Å².